The van der Waals surface area contributed by atoms with E-state index in [0.29, 0.717) is 29.4 Å². The van der Waals surface area contributed by atoms with Crippen molar-refractivity contribution in [1.82, 2.24) is 5.32 Å². The highest BCUT2D eigenvalue weighted by atomic mass is 16.5. The third-order valence-corrected chi connectivity index (χ3v) is 3.32. The predicted molar refractivity (Wildman–Crippen MR) is 96.4 cm³/mol. The van der Waals surface area contributed by atoms with Crippen LogP contribution in [0.15, 0.2) is 46.6 Å². The van der Waals surface area contributed by atoms with E-state index in [2.05, 4.69) is 5.32 Å². The van der Waals surface area contributed by atoms with Crippen LogP contribution in [0.3, 0.4) is 0 Å². The van der Waals surface area contributed by atoms with Crippen molar-refractivity contribution in [3.05, 3.63) is 53.5 Å². The van der Waals surface area contributed by atoms with Crippen molar-refractivity contribution in [2.75, 3.05) is 13.2 Å². The van der Waals surface area contributed by atoms with Gasteiger partial charge in [-0.1, -0.05) is 6.07 Å². The van der Waals surface area contributed by atoms with Gasteiger partial charge in [0.1, 0.15) is 17.4 Å². The van der Waals surface area contributed by atoms with Crippen LogP contribution in [-0.2, 0) is 16.1 Å². The average Bonchev–Trinajstić information content (AvgIpc) is 3.17. The first-order valence-corrected chi connectivity index (χ1v) is 8.13. The molecular weight excluding hydrogens is 350 g/mol. The van der Waals surface area contributed by atoms with E-state index < -0.39 is 11.8 Å². The predicted octanol–water partition coefficient (Wildman–Crippen LogP) is 1.77. The molecule has 0 spiro atoms. The molecule has 0 saturated heterocycles. The minimum Gasteiger partial charge on any atom is -0.490 e. The number of nitriles is 1. The highest BCUT2D eigenvalue weighted by Crippen LogP contribution is 2.29. The minimum atomic E-state index is -0.610. The summed E-state index contributed by atoms with van der Waals surface area (Å²) < 4.78 is 15.9. The van der Waals surface area contributed by atoms with E-state index in [1.54, 1.807) is 37.3 Å². The Balaban J connectivity index is 2.15. The Bertz CT molecular complexity index is 866. The number of nitrogens with two attached hydrogens (primary N) is 1. The second kappa shape index (κ2) is 9.68. The minimum absolute atomic E-state index is 0.0743. The normalized spacial score (nSPS) is 10.7. The molecule has 0 saturated carbocycles. The highest BCUT2D eigenvalue weighted by Gasteiger charge is 2.12. The molecule has 140 valence electrons. The lowest BCUT2D eigenvalue weighted by atomic mass is 10.1. The van der Waals surface area contributed by atoms with Crippen molar-refractivity contribution in [1.29, 1.82) is 5.26 Å². The first-order chi connectivity index (χ1) is 13.0. The van der Waals surface area contributed by atoms with E-state index in [1.165, 1.54) is 12.3 Å². The molecule has 1 heterocycles. The molecule has 0 atom stereocenters. The standard InChI is InChI=1S/C19H19N3O5/c1-2-25-17-9-13(5-6-16(17)27-12-18(21)23)8-14(10-20)19(24)22-11-15-4-3-7-26-15/h3-9H,2,11-12H2,1H3,(H2,21,23)(H,22,24)/b14-8+. The zero-order valence-corrected chi connectivity index (χ0v) is 14.7. The van der Waals surface area contributed by atoms with E-state index in [-0.39, 0.29) is 18.7 Å². The summed E-state index contributed by atoms with van der Waals surface area (Å²) in [5.74, 6) is 0.159. The van der Waals surface area contributed by atoms with Crippen LogP contribution in [0.2, 0.25) is 0 Å². The molecular formula is C19H19N3O5. The second-order valence-corrected chi connectivity index (χ2v) is 5.33. The largest absolute Gasteiger partial charge is 0.490 e. The third-order valence-electron chi connectivity index (χ3n) is 3.32. The molecule has 0 aliphatic carbocycles. The van der Waals surface area contributed by atoms with E-state index in [0.717, 1.165) is 0 Å². The molecule has 0 radical (unpaired) electrons. The number of rotatable bonds is 9. The number of nitrogens with zero attached hydrogens (tertiary/aromatic N) is 1. The van der Waals surface area contributed by atoms with Crippen molar-refractivity contribution < 1.29 is 23.5 Å². The Hall–Kier alpha value is -3.73. The molecule has 2 rings (SSSR count). The SMILES string of the molecule is CCOc1cc(/C=C(\C#N)C(=O)NCc2ccco2)ccc1OCC(N)=O. The van der Waals surface area contributed by atoms with E-state index in [9.17, 15) is 14.9 Å². The average molecular weight is 369 g/mol. The molecule has 3 N–H and O–H groups in total. The number of carbonyl (C=O) groups is 2. The Morgan fingerprint density at radius 1 is 1.30 bits per heavy atom. The number of primary amides is 1. The van der Waals surface area contributed by atoms with Crippen LogP contribution in [-0.4, -0.2) is 25.0 Å². The Labute approximate surface area is 156 Å². The molecule has 0 unspecified atom stereocenters. The van der Waals surface area contributed by atoms with Gasteiger partial charge in [0, 0.05) is 0 Å². The molecule has 8 heteroatoms. The summed E-state index contributed by atoms with van der Waals surface area (Å²) in [6, 6.07) is 10.1. The maximum absolute atomic E-state index is 12.2. The van der Waals surface area contributed by atoms with Crippen molar-refractivity contribution in [2.45, 2.75) is 13.5 Å². The van der Waals surface area contributed by atoms with Gasteiger partial charge in [-0.05, 0) is 42.8 Å². The lowest BCUT2D eigenvalue weighted by Crippen LogP contribution is -2.23. The number of hydrogen-bond acceptors (Lipinski definition) is 6. The van der Waals surface area contributed by atoms with Gasteiger partial charge in [0.15, 0.2) is 18.1 Å². The fourth-order valence-corrected chi connectivity index (χ4v) is 2.14. The molecule has 0 fully saturated rings. The first-order valence-electron chi connectivity index (χ1n) is 8.13. The van der Waals surface area contributed by atoms with E-state index >= 15 is 0 Å². The van der Waals surface area contributed by atoms with Gasteiger partial charge in [0.2, 0.25) is 0 Å². The zero-order valence-electron chi connectivity index (χ0n) is 14.7. The maximum atomic E-state index is 12.2. The molecule has 0 bridgehead atoms. The molecule has 1 aromatic heterocycles. The number of nitrogens with one attached hydrogen (secondary N) is 1. The number of carbonyl (C=O) groups excluding carboxylic acids is 2. The topological polar surface area (TPSA) is 128 Å². The van der Waals surface area contributed by atoms with Crippen molar-refractivity contribution >= 4 is 17.9 Å². The smallest absolute Gasteiger partial charge is 0.262 e. The number of amides is 2. The van der Waals surface area contributed by atoms with Crippen LogP contribution < -0.4 is 20.5 Å². The summed E-state index contributed by atoms with van der Waals surface area (Å²) in [5.41, 5.74) is 5.56. The van der Waals surface area contributed by atoms with Gasteiger partial charge >= 0.3 is 0 Å². The molecule has 27 heavy (non-hydrogen) atoms. The number of hydrogen-bond donors (Lipinski definition) is 2. The van der Waals surface area contributed by atoms with Gasteiger partial charge in [0.05, 0.1) is 19.4 Å². The van der Waals surface area contributed by atoms with Gasteiger partial charge in [-0.3, -0.25) is 9.59 Å². The van der Waals surface area contributed by atoms with Gasteiger partial charge < -0.3 is 24.9 Å². The summed E-state index contributed by atoms with van der Waals surface area (Å²) in [6.45, 7) is 2.06. The Kier molecular flexibility index (Phi) is 7.02. The van der Waals surface area contributed by atoms with Crippen LogP contribution in [0.4, 0.5) is 0 Å². The van der Waals surface area contributed by atoms with Crippen molar-refractivity contribution in [3.63, 3.8) is 0 Å². The monoisotopic (exact) mass is 369 g/mol. The molecule has 0 aliphatic rings. The van der Waals surface area contributed by atoms with Gasteiger partial charge in [-0.25, -0.2) is 0 Å². The van der Waals surface area contributed by atoms with Crippen LogP contribution in [0.1, 0.15) is 18.2 Å². The maximum Gasteiger partial charge on any atom is 0.262 e. The lowest BCUT2D eigenvalue weighted by molar-refractivity contribution is -0.120. The highest BCUT2D eigenvalue weighted by molar-refractivity contribution is 6.01. The van der Waals surface area contributed by atoms with E-state index in [1.807, 2.05) is 6.07 Å². The molecule has 1 aromatic carbocycles. The quantitative estimate of drug-likeness (QED) is 0.512. The fourth-order valence-electron chi connectivity index (χ4n) is 2.14. The van der Waals surface area contributed by atoms with Gasteiger partial charge in [0.25, 0.3) is 11.8 Å². The van der Waals surface area contributed by atoms with Gasteiger partial charge in [-0.15, -0.1) is 0 Å². The molecule has 2 aromatic rings. The molecule has 0 aliphatic heterocycles. The third kappa shape index (κ3) is 5.93. The molecule has 8 nitrogen and oxygen atoms in total. The van der Waals surface area contributed by atoms with E-state index in [4.69, 9.17) is 19.6 Å². The first kappa shape index (κ1) is 19.6. The molecule has 2 amide bonds. The summed E-state index contributed by atoms with van der Waals surface area (Å²) in [7, 11) is 0. The number of benzene rings is 1. The summed E-state index contributed by atoms with van der Waals surface area (Å²) in [4.78, 5) is 23.1. The Morgan fingerprint density at radius 2 is 2.11 bits per heavy atom. The van der Waals surface area contributed by atoms with Crippen LogP contribution in [0.5, 0.6) is 11.5 Å². The second-order valence-electron chi connectivity index (χ2n) is 5.33. The fraction of sp³-hybridized carbons (Fsp3) is 0.211. The van der Waals surface area contributed by atoms with Crippen LogP contribution in [0, 0.1) is 11.3 Å². The van der Waals surface area contributed by atoms with Crippen LogP contribution >= 0.6 is 0 Å². The van der Waals surface area contributed by atoms with Crippen LogP contribution in [0.25, 0.3) is 6.08 Å². The number of ether oxygens (including phenoxy) is 2. The summed E-state index contributed by atoms with van der Waals surface area (Å²) in [5, 5.41) is 11.9. The number of furan rings is 1. The lowest BCUT2D eigenvalue weighted by Gasteiger charge is -2.11. The van der Waals surface area contributed by atoms with Gasteiger partial charge in [-0.2, -0.15) is 5.26 Å². The zero-order chi connectivity index (χ0) is 19.6. The summed E-state index contributed by atoms with van der Waals surface area (Å²) >= 11 is 0. The van der Waals surface area contributed by atoms with Crippen molar-refractivity contribution in [3.8, 4) is 17.6 Å². The van der Waals surface area contributed by atoms with Crippen molar-refractivity contribution in [2.24, 2.45) is 5.73 Å². The summed E-state index contributed by atoms with van der Waals surface area (Å²) in [6.07, 6.45) is 2.93. The Morgan fingerprint density at radius 3 is 2.74 bits per heavy atom.